The molecule has 1 aliphatic carbocycles. The van der Waals surface area contributed by atoms with Gasteiger partial charge in [-0.25, -0.2) is 9.82 Å². The van der Waals surface area contributed by atoms with Gasteiger partial charge in [0.15, 0.2) is 0 Å². The van der Waals surface area contributed by atoms with Gasteiger partial charge in [0.1, 0.15) is 17.1 Å². The Morgan fingerprint density at radius 3 is 2.71 bits per heavy atom. The average Bonchev–Trinajstić information content (AvgIpc) is 2.57. The van der Waals surface area contributed by atoms with Crippen LogP contribution in [0.5, 0.6) is 5.75 Å². The summed E-state index contributed by atoms with van der Waals surface area (Å²) in [6.45, 7) is 0. The van der Waals surface area contributed by atoms with E-state index in [-0.39, 0.29) is 17.1 Å². The van der Waals surface area contributed by atoms with Crippen molar-refractivity contribution in [3.05, 3.63) is 62.8 Å². The Balaban J connectivity index is 1.80. The third-order valence-corrected chi connectivity index (χ3v) is 3.96. The predicted octanol–water partition coefficient (Wildman–Crippen LogP) is 1.86. The Kier molecular flexibility index (Phi) is 4.41. The molecule has 2 aromatic rings. The first-order valence-electron chi connectivity index (χ1n) is 7.62. The molecule has 6 nitrogen and oxygen atoms in total. The molecule has 1 aromatic heterocycles. The molecule has 0 unspecified atom stereocenters. The number of aryl methyl sites for hydroxylation is 1. The van der Waals surface area contributed by atoms with Crippen molar-refractivity contribution in [1.29, 1.82) is 0 Å². The van der Waals surface area contributed by atoms with Crippen LogP contribution >= 0.6 is 0 Å². The zero-order valence-corrected chi connectivity index (χ0v) is 12.8. The minimum Gasteiger partial charge on any atom is -0.507 e. The van der Waals surface area contributed by atoms with Crippen LogP contribution in [0.3, 0.4) is 0 Å². The van der Waals surface area contributed by atoms with Gasteiger partial charge in [-0.1, -0.05) is 12.1 Å². The highest BCUT2D eigenvalue weighted by Gasteiger charge is 2.23. The Labute approximate surface area is 137 Å². The van der Waals surface area contributed by atoms with Gasteiger partial charge in [0.25, 0.3) is 11.5 Å². The van der Waals surface area contributed by atoms with E-state index in [1.165, 1.54) is 30.5 Å². The van der Waals surface area contributed by atoms with Crippen LogP contribution in [0.15, 0.2) is 34.2 Å². The second-order valence-corrected chi connectivity index (χ2v) is 5.59. The number of H-pyrrole nitrogens is 1. The third-order valence-electron chi connectivity index (χ3n) is 3.96. The highest BCUT2D eigenvalue weighted by atomic mass is 19.1. The fraction of sp³-hybridized carbons (Fsp3) is 0.235. The number of pyridine rings is 1. The first kappa shape index (κ1) is 15.9. The van der Waals surface area contributed by atoms with Gasteiger partial charge in [-0.3, -0.25) is 9.59 Å². The highest BCUT2D eigenvalue weighted by molar-refractivity contribution is 5.97. The summed E-state index contributed by atoms with van der Waals surface area (Å²) in [4.78, 5) is 26.9. The highest BCUT2D eigenvalue weighted by Crippen LogP contribution is 2.28. The van der Waals surface area contributed by atoms with Crippen molar-refractivity contribution < 1.29 is 14.3 Å². The summed E-state index contributed by atoms with van der Waals surface area (Å²) < 4.78 is 12.8. The number of amides is 1. The van der Waals surface area contributed by atoms with E-state index >= 15 is 0 Å². The van der Waals surface area contributed by atoms with Crippen LogP contribution in [0.2, 0.25) is 0 Å². The number of hydrogen-bond donors (Lipinski definition) is 3. The maximum Gasteiger partial charge on any atom is 0.280 e. The summed E-state index contributed by atoms with van der Waals surface area (Å²) in [5, 5.41) is 14.0. The number of benzene rings is 1. The number of carbonyl (C=O) groups is 1. The summed E-state index contributed by atoms with van der Waals surface area (Å²) in [7, 11) is 0. The number of fused-ring (bicyclic) bond motifs is 1. The van der Waals surface area contributed by atoms with Gasteiger partial charge in [0, 0.05) is 11.3 Å². The molecule has 3 rings (SSSR count). The largest absolute Gasteiger partial charge is 0.507 e. The van der Waals surface area contributed by atoms with Crippen molar-refractivity contribution in [2.24, 2.45) is 5.10 Å². The van der Waals surface area contributed by atoms with Crippen LogP contribution in [0.4, 0.5) is 4.39 Å². The second kappa shape index (κ2) is 6.66. The molecule has 124 valence electrons. The topological polar surface area (TPSA) is 94.5 Å². The van der Waals surface area contributed by atoms with Crippen LogP contribution in [0.1, 0.15) is 40.0 Å². The lowest BCUT2D eigenvalue weighted by atomic mass is 9.94. The molecule has 0 bridgehead atoms. The number of rotatable bonds is 3. The van der Waals surface area contributed by atoms with Crippen LogP contribution < -0.4 is 11.0 Å². The monoisotopic (exact) mass is 329 g/mol. The van der Waals surface area contributed by atoms with Crippen molar-refractivity contribution in [1.82, 2.24) is 10.4 Å². The molecule has 0 saturated heterocycles. The number of aromatic hydroxyl groups is 1. The predicted molar refractivity (Wildman–Crippen MR) is 86.8 cm³/mol. The summed E-state index contributed by atoms with van der Waals surface area (Å²) in [5.74, 6) is -1.44. The van der Waals surface area contributed by atoms with Crippen molar-refractivity contribution in [3.8, 4) is 5.75 Å². The number of halogens is 1. The van der Waals surface area contributed by atoms with E-state index < -0.39 is 11.5 Å². The number of hydrazone groups is 1. The first-order chi connectivity index (χ1) is 11.6. The fourth-order valence-electron chi connectivity index (χ4n) is 2.74. The Morgan fingerprint density at radius 2 is 1.96 bits per heavy atom. The third kappa shape index (κ3) is 3.19. The van der Waals surface area contributed by atoms with Gasteiger partial charge >= 0.3 is 0 Å². The number of nitrogens with zero attached hydrogens (tertiary/aromatic N) is 1. The summed E-state index contributed by atoms with van der Waals surface area (Å²) in [6.07, 6.45) is 4.47. The maximum atomic E-state index is 12.8. The van der Waals surface area contributed by atoms with Gasteiger partial charge in [-0.2, -0.15) is 5.10 Å². The van der Waals surface area contributed by atoms with Crippen molar-refractivity contribution in [3.63, 3.8) is 0 Å². The lowest BCUT2D eigenvalue weighted by molar-refractivity contribution is 0.0950. The molecule has 0 aliphatic heterocycles. The molecule has 0 fully saturated rings. The van der Waals surface area contributed by atoms with E-state index in [0.29, 0.717) is 29.7 Å². The number of aromatic nitrogens is 1. The number of hydrogen-bond acceptors (Lipinski definition) is 4. The SMILES string of the molecule is O=C(N/N=C/c1ccc(F)cc1)c1c(O)c2c([nH]c1=O)CCCC2. The number of nitrogens with one attached hydrogen (secondary N) is 2. The normalized spacial score (nSPS) is 13.7. The summed E-state index contributed by atoms with van der Waals surface area (Å²) in [6, 6.07) is 5.52. The quantitative estimate of drug-likeness (QED) is 0.592. The fourth-order valence-corrected chi connectivity index (χ4v) is 2.74. The van der Waals surface area contributed by atoms with Crippen LogP contribution in [0.25, 0.3) is 0 Å². The molecule has 3 N–H and O–H groups in total. The Hall–Kier alpha value is -2.96. The van der Waals surface area contributed by atoms with Gasteiger partial charge in [-0.05, 0) is 43.4 Å². The van der Waals surface area contributed by atoms with Crippen LogP contribution in [-0.4, -0.2) is 22.2 Å². The van der Waals surface area contributed by atoms with Crippen molar-refractivity contribution in [2.45, 2.75) is 25.7 Å². The van der Waals surface area contributed by atoms with E-state index in [9.17, 15) is 19.1 Å². The molecule has 1 aromatic carbocycles. The van der Waals surface area contributed by atoms with Crippen molar-refractivity contribution >= 4 is 12.1 Å². The van der Waals surface area contributed by atoms with E-state index in [0.717, 1.165) is 12.8 Å². The summed E-state index contributed by atoms with van der Waals surface area (Å²) in [5.41, 5.74) is 3.12. The minimum absolute atomic E-state index is 0.275. The molecular formula is C17H16FN3O3. The van der Waals surface area contributed by atoms with Crippen molar-refractivity contribution in [2.75, 3.05) is 0 Å². The molecule has 0 radical (unpaired) electrons. The maximum absolute atomic E-state index is 12.8. The molecule has 1 heterocycles. The van der Waals surface area contributed by atoms with E-state index in [1.54, 1.807) is 0 Å². The minimum atomic E-state index is -0.791. The standard InChI is InChI=1S/C17H16FN3O3/c18-11-7-5-10(6-8-11)9-19-21-17(24)14-15(22)12-3-1-2-4-13(12)20-16(14)23/h5-9H,1-4H2,(H,21,24)(H2,20,22,23)/b19-9+. The molecule has 0 spiro atoms. The van der Waals surface area contributed by atoms with Crippen LogP contribution in [-0.2, 0) is 12.8 Å². The summed E-state index contributed by atoms with van der Waals surface area (Å²) >= 11 is 0. The molecular weight excluding hydrogens is 313 g/mol. The first-order valence-corrected chi connectivity index (χ1v) is 7.62. The lowest BCUT2D eigenvalue weighted by Crippen LogP contribution is -2.29. The number of carbonyl (C=O) groups excluding carboxylic acids is 1. The zero-order chi connectivity index (χ0) is 17.1. The van der Waals surface area contributed by atoms with E-state index in [2.05, 4.69) is 15.5 Å². The van der Waals surface area contributed by atoms with E-state index in [1.807, 2.05) is 0 Å². The molecule has 7 heteroatoms. The number of aromatic amines is 1. The molecule has 1 aliphatic rings. The lowest BCUT2D eigenvalue weighted by Gasteiger charge is -2.17. The van der Waals surface area contributed by atoms with Gasteiger partial charge in [0.05, 0.1) is 6.21 Å². The smallest absolute Gasteiger partial charge is 0.280 e. The molecule has 1 amide bonds. The Morgan fingerprint density at radius 1 is 1.25 bits per heavy atom. The molecule has 0 atom stereocenters. The molecule has 0 saturated carbocycles. The Bertz CT molecular complexity index is 857. The van der Waals surface area contributed by atoms with Gasteiger partial charge in [-0.15, -0.1) is 0 Å². The second-order valence-electron chi connectivity index (χ2n) is 5.59. The molecule has 24 heavy (non-hydrogen) atoms. The van der Waals surface area contributed by atoms with Gasteiger partial charge in [0.2, 0.25) is 0 Å². The van der Waals surface area contributed by atoms with Gasteiger partial charge < -0.3 is 10.1 Å². The van der Waals surface area contributed by atoms with Crippen LogP contribution in [0, 0.1) is 5.82 Å². The average molecular weight is 329 g/mol. The van der Waals surface area contributed by atoms with E-state index in [4.69, 9.17) is 0 Å². The zero-order valence-electron chi connectivity index (χ0n) is 12.8.